The van der Waals surface area contributed by atoms with Gasteiger partial charge in [-0.05, 0) is 43.0 Å². The van der Waals surface area contributed by atoms with Crippen LogP contribution in [-0.4, -0.2) is 35.4 Å². The van der Waals surface area contributed by atoms with E-state index in [2.05, 4.69) is 16.7 Å². The number of hydrogen-bond donors (Lipinski definition) is 0. The Morgan fingerprint density at radius 1 is 0.931 bits per heavy atom. The molecule has 2 aromatic carbocycles. The number of imidazole rings is 1. The fraction of sp³-hybridized carbons (Fsp3) is 0.318. The van der Waals surface area contributed by atoms with Crippen LogP contribution in [0.25, 0.3) is 11.3 Å². The number of rotatable bonds is 3. The van der Waals surface area contributed by atoms with Crippen molar-refractivity contribution in [3.63, 3.8) is 0 Å². The van der Waals surface area contributed by atoms with Crippen molar-refractivity contribution < 1.29 is 12.8 Å². The van der Waals surface area contributed by atoms with Crippen LogP contribution in [0.2, 0.25) is 0 Å². The molecule has 0 unspecified atom stereocenters. The summed E-state index contributed by atoms with van der Waals surface area (Å²) in [5.74, 6) is 0.532. The van der Waals surface area contributed by atoms with E-state index in [4.69, 9.17) is 4.98 Å². The molecule has 1 fully saturated rings. The van der Waals surface area contributed by atoms with Gasteiger partial charge in [0.1, 0.15) is 11.6 Å². The minimum atomic E-state index is -3.68. The van der Waals surface area contributed by atoms with Crippen molar-refractivity contribution in [1.82, 2.24) is 13.9 Å². The summed E-state index contributed by atoms with van der Waals surface area (Å²) in [4.78, 5) is 4.77. The average molecular weight is 412 g/mol. The summed E-state index contributed by atoms with van der Waals surface area (Å²) in [6.45, 7) is 1.75. The number of fused-ring (bicyclic) bond motifs is 2. The summed E-state index contributed by atoms with van der Waals surface area (Å²) in [5, 5.41) is 0. The lowest BCUT2D eigenvalue weighted by Gasteiger charge is -2.37. The van der Waals surface area contributed by atoms with E-state index in [1.54, 1.807) is 0 Å². The molecule has 7 heteroatoms. The van der Waals surface area contributed by atoms with Crippen LogP contribution in [-0.2, 0) is 22.0 Å². The molecule has 5 nitrogen and oxygen atoms in total. The van der Waals surface area contributed by atoms with E-state index in [9.17, 15) is 12.8 Å². The van der Waals surface area contributed by atoms with Gasteiger partial charge in [0.2, 0.25) is 10.0 Å². The van der Waals surface area contributed by atoms with Crippen molar-refractivity contribution in [2.75, 3.05) is 13.1 Å². The monoisotopic (exact) mass is 411 g/mol. The first-order valence-corrected chi connectivity index (χ1v) is 11.3. The van der Waals surface area contributed by atoms with Gasteiger partial charge in [-0.3, -0.25) is 0 Å². The van der Waals surface area contributed by atoms with Gasteiger partial charge in [0.05, 0.1) is 16.8 Å². The first-order valence-electron chi connectivity index (χ1n) is 9.87. The molecule has 29 heavy (non-hydrogen) atoms. The predicted molar refractivity (Wildman–Crippen MR) is 108 cm³/mol. The Morgan fingerprint density at radius 3 is 2.38 bits per heavy atom. The lowest BCUT2D eigenvalue weighted by Crippen LogP contribution is -2.44. The molecule has 0 radical (unpaired) electrons. The third kappa shape index (κ3) is 3.00. The molecule has 1 saturated heterocycles. The Balaban J connectivity index is 1.39. The van der Waals surface area contributed by atoms with Crippen molar-refractivity contribution in [1.29, 1.82) is 0 Å². The van der Waals surface area contributed by atoms with Gasteiger partial charge in [-0.25, -0.2) is 17.8 Å². The van der Waals surface area contributed by atoms with E-state index >= 15 is 0 Å². The van der Waals surface area contributed by atoms with E-state index in [1.807, 2.05) is 24.4 Å². The van der Waals surface area contributed by atoms with E-state index < -0.39 is 15.8 Å². The average Bonchev–Trinajstić information content (AvgIpc) is 3.31. The smallest absolute Gasteiger partial charge is 0.243 e. The van der Waals surface area contributed by atoms with Crippen LogP contribution in [0.1, 0.15) is 25.1 Å². The maximum absolute atomic E-state index is 13.5. The second-order valence-electron chi connectivity index (χ2n) is 7.88. The first kappa shape index (κ1) is 18.5. The largest absolute Gasteiger partial charge is 0.328 e. The molecule has 0 N–H and O–H groups in total. The van der Waals surface area contributed by atoms with Gasteiger partial charge in [-0.1, -0.05) is 36.4 Å². The highest BCUT2D eigenvalue weighted by atomic mass is 32.2. The van der Waals surface area contributed by atoms with E-state index in [-0.39, 0.29) is 10.3 Å². The number of piperidine rings is 1. The maximum atomic E-state index is 13.5. The van der Waals surface area contributed by atoms with Gasteiger partial charge in [0, 0.05) is 25.0 Å². The summed E-state index contributed by atoms with van der Waals surface area (Å²) < 4.78 is 43.1. The highest BCUT2D eigenvalue weighted by Crippen LogP contribution is 2.45. The molecule has 0 bridgehead atoms. The van der Waals surface area contributed by atoms with Crippen LogP contribution in [0.3, 0.4) is 0 Å². The third-order valence-corrected chi connectivity index (χ3v) is 8.22. The highest BCUT2D eigenvalue weighted by molar-refractivity contribution is 7.89. The molecule has 5 rings (SSSR count). The molecule has 0 atom stereocenters. The quantitative estimate of drug-likeness (QED) is 0.659. The van der Waals surface area contributed by atoms with Crippen LogP contribution >= 0.6 is 0 Å². The maximum Gasteiger partial charge on any atom is 0.243 e. The summed E-state index contributed by atoms with van der Waals surface area (Å²) in [5.41, 5.74) is 2.18. The normalized spacial score (nSPS) is 18.8. The molecule has 3 aromatic rings. The molecule has 150 valence electrons. The fourth-order valence-corrected chi connectivity index (χ4v) is 6.18. The van der Waals surface area contributed by atoms with Crippen molar-refractivity contribution in [3.8, 4) is 11.3 Å². The van der Waals surface area contributed by atoms with Gasteiger partial charge >= 0.3 is 0 Å². The molecular formula is C22H22FN3O2S. The number of sulfonamides is 1. The molecular weight excluding hydrogens is 389 g/mol. The number of nitrogens with zero attached hydrogens (tertiary/aromatic N) is 3. The Bertz CT molecular complexity index is 1150. The van der Waals surface area contributed by atoms with Crippen molar-refractivity contribution in [2.24, 2.45) is 0 Å². The fourth-order valence-electron chi connectivity index (χ4n) is 4.71. The molecule has 1 aromatic heterocycles. The van der Waals surface area contributed by atoms with Gasteiger partial charge in [0.25, 0.3) is 0 Å². The molecule has 0 amide bonds. The Kier molecular flexibility index (Phi) is 4.33. The molecule has 0 saturated carbocycles. The highest BCUT2D eigenvalue weighted by Gasteiger charge is 2.45. The van der Waals surface area contributed by atoms with Crippen molar-refractivity contribution in [2.45, 2.75) is 36.1 Å². The molecule has 0 aliphatic carbocycles. The van der Waals surface area contributed by atoms with Crippen LogP contribution in [0.15, 0.2) is 65.7 Å². The van der Waals surface area contributed by atoms with Crippen LogP contribution in [0.4, 0.5) is 4.39 Å². The summed E-state index contributed by atoms with van der Waals surface area (Å²) in [6, 6.07) is 15.5. The number of benzene rings is 2. The molecule has 1 spiro atoms. The first-order chi connectivity index (χ1) is 14.0. The van der Waals surface area contributed by atoms with Gasteiger partial charge in [-0.15, -0.1) is 0 Å². The standard InChI is InChI=1S/C22H22FN3O2S/c23-18-7-4-8-19(15-18)29(27,28)25-12-9-22(10-13-25)11-14-26-20(16-24-21(22)26)17-5-2-1-3-6-17/h1-8,15-16H,9-14H2. The van der Waals surface area contributed by atoms with Crippen LogP contribution < -0.4 is 0 Å². The lowest BCUT2D eigenvalue weighted by atomic mass is 9.77. The zero-order valence-corrected chi connectivity index (χ0v) is 16.8. The molecule has 2 aliphatic rings. The predicted octanol–water partition coefficient (Wildman–Crippen LogP) is 3.82. The summed E-state index contributed by atoms with van der Waals surface area (Å²) in [7, 11) is -3.68. The lowest BCUT2D eigenvalue weighted by molar-refractivity contribution is 0.228. The summed E-state index contributed by atoms with van der Waals surface area (Å²) in [6.07, 6.45) is 4.37. The SMILES string of the molecule is O=S(=O)(c1cccc(F)c1)N1CCC2(CC1)CCn1c(-c3ccccc3)cnc12. The van der Waals surface area contributed by atoms with E-state index in [0.29, 0.717) is 13.1 Å². The topological polar surface area (TPSA) is 55.2 Å². The number of halogens is 1. The number of aromatic nitrogens is 2. The van der Waals surface area contributed by atoms with Gasteiger partial charge < -0.3 is 4.57 Å². The van der Waals surface area contributed by atoms with Gasteiger partial charge in [-0.2, -0.15) is 4.31 Å². The zero-order valence-electron chi connectivity index (χ0n) is 16.0. The molecule has 3 heterocycles. The van der Waals surface area contributed by atoms with E-state index in [1.165, 1.54) is 22.5 Å². The minimum Gasteiger partial charge on any atom is -0.328 e. The van der Waals surface area contributed by atoms with Crippen molar-refractivity contribution >= 4 is 10.0 Å². The minimum absolute atomic E-state index is 0.0211. The Morgan fingerprint density at radius 2 is 1.66 bits per heavy atom. The second kappa shape index (κ2) is 6.78. The van der Waals surface area contributed by atoms with Gasteiger partial charge in [0.15, 0.2) is 0 Å². The second-order valence-corrected chi connectivity index (χ2v) is 9.81. The van der Waals surface area contributed by atoms with Crippen LogP contribution in [0.5, 0.6) is 0 Å². The zero-order chi connectivity index (χ0) is 20.1. The molecule has 2 aliphatic heterocycles. The summed E-state index contributed by atoms with van der Waals surface area (Å²) >= 11 is 0. The third-order valence-electron chi connectivity index (χ3n) is 6.33. The number of hydrogen-bond acceptors (Lipinski definition) is 3. The van der Waals surface area contributed by atoms with Crippen molar-refractivity contribution in [3.05, 3.63) is 72.4 Å². The van der Waals surface area contributed by atoms with E-state index in [0.717, 1.165) is 49.0 Å². The Hall–Kier alpha value is -2.51. The van der Waals surface area contributed by atoms with Crippen LogP contribution in [0, 0.1) is 5.82 Å². The Labute approximate surface area is 169 Å².